The largest absolute Gasteiger partial charge is 0.352 e. The Morgan fingerprint density at radius 1 is 0.846 bits per heavy atom. The van der Waals surface area contributed by atoms with Gasteiger partial charge in [0, 0.05) is 12.1 Å². The van der Waals surface area contributed by atoms with E-state index in [0.717, 1.165) is 36.6 Å². The first-order valence-electron chi connectivity index (χ1n) is 11.5. The van der Waals surface area contributed by atoms with Crippen molar-refractivity contribution in [3.63, 3.8) is 0 Å². The molecule has 2 heteroatoms. The average Bonchev–Trinajstić information content (AvgIpc) is 2.66. The topological polar surface area (TPSA) is 29.1 Å². The van der Waals surface area contributed by atoms with Gasteiger partial charge in [0.2, 0.25) is 5.91 Å². The highest BCUT2D eigenvalue weighted by molar-refractivity contribution is 5.91. The van der Waals surface area contributed by atoms with Crippen molar-refractivity contribution in [3.8, 4) is 0 Å². The summed E-state index contributed by atoms with van der Waals surface area (Å²) in [6.45, 7) is 8.58. The summed E-state index contributed by atoms with van der Waals surface area (Å²) in [4.78, 5) is 11.5. The minimum Gasteiger partial charge on any atom is -0.352 e. The smallest absolute Gasteiger partial charge is 0.246 e. The molecule has 0 atom stereocenters. The zero-order valence-corrected chi connectivity index (χ0v) is 17.5. The second-order valence-electron chi connectivity index (χ2n) is 9.24. The lowest BCUT2D eigenvalue weighted by Crippen LogP contribution is -2.27. The molecule has 2 nitrogen and oxygen atoms in total. The van der Waals surface area contributed by atoms with Crippen molar-refractivity contribution in [3.05, 3.63) is 12.2 Å². The highest BCUT2D eigenvalue weighted by Crippen LogP contribution is 2.43. The van der Waals surface area contributed by atoms with Crippen LogP contribution in [-0.2, 0) is 4.79 Å². The lowest BCUT2D eigenvalue weighted by molar-refractivity contribution is -0.117. The van der Waals surface area contributed by atoms with E-state index in [1.807, 2.05) is 0 Å². The van der Waals surface area contributed by atoms with Crippen LogP contribution in [0.15, 0.2) is 12.2 Å². The van der Waals surface area contributed by atoms with Gasteiger partial charge in [0.15, 0.2) is 0 Å². The fourth-order valence-electron chi connectivity index (χ4n) is 5.32. The maximum Gasteiger partial charge on any atom is 0.246 e. The lowest BCUT2D eigenvalue weighted by Gasteiger charge is -2.38. The number of unbranched alkanes of at least 4 members (excludes halogenated alkanes) is 2. The molecule has 2 rings (SSSR count). The molecular weight excluding hydrogens is 318 g/mol. The third-order valence-electron chi connectivity index (χ3n) is 7.13. The molecule has 0 radical (unpaired) electrons. The van der Waals surface area contributed by atoms with Gasteiger partial charge in [0.25, 0.3) is 0 Å². The Morgan fingerprint density at radius 2 is 1.35 bits per heavy atom. The molecule has 1 N–H and O–H groups in total. The first-order valence-corrected chi connectivity index (χ1v) is 11.5. The number of carbonyl (C=O) groups is 1. The van der Waals surface area contributed by atoms with Crippen LogP contribution in [0.5, 0.6) is 0 Å². The summed E-state index contributed by atoms with van der Waals surface area (Å²) < 4.78 is 0. The molecule has 0 saturated heterocycles. The van der Waals surface area contributed by atoms with Gasteiger partial charge < -0.3 is 5.32 Å². The van der Waals surface area contributed by atoms with Gasteiger partial charge in [-0.1, -0.05) is 64.9 Å². The van der Waals surface area contributed by atoms with Crippen LogP contribution in [0.4, 0.5) is 0 Å². The number of amides is 1. The van der Waals surface area contributed by atoms with E-state index in [0.29, 0.717) is 5.57 Å². The number of nitrogens with one attached hydrogen (secondary N) is 1. The van der Waals surface area contributed by atoms with Crippen molar-refractivity contribution >= 4 is 5.91 Å². The fourth-order valence-corrected chi connectivity index (χ4v) is 5.32. The Kier molecular flexibility index (Phi) is 9.78. The van der Waals surface area contributed by atoms with E-state index < -0.39 is 0 Å². The van der Waals surface area contributed by atoms with Gasteiger partial charge >= 0.3 is 0 Å². The van der Waals surface area contributed by atoms with Gasteiger partial charge in [-0.25, -0.2) is 0 Å². The number of hydrogen-bond donors (Lipinski definition) is 1. The summed E-state index contributed by atoms with van der Waals surface area (Å²) in [5.41, 5.74) is 0.616. The van der Waals surface area contributed by atoms with Gasteiger partial charge in [-0.05, 0) is 69.1 Å². The van der Waals surface area contributed by atoms with Crippen molar-refractivity contribution in [1.82, 2.24) is 5.32 Å². The Labute approximate surface area is 162 Å². The highest BCUT2D eigenvalue weighted by Gasteiger charge is 2.30. The molecule has 0 spiro atoms. The molecule has 0 aromatic carbocycles. The molecule has 0 bridgehead atoms. The van der Waals surface area contributed by atoms with Crippen LogP contribution in [0.25, 0.3) is 0 Å². The first kappa shape index (κ1) is 21.5. The Bertz CT molecular complexity index is 414. The summed E-state index contributed by atoms with van der Waals surface area (Å²) in [6.07, 6.45) is 20.0. The van der Waals surface area contributed by atoms with Crippen LogP contribution < -0.4 is 5.32 Å². The maximum atomic E-state index is 11.5. The molecule has 0 aliphatic heterocycles. The standard InChI is InChI=1S/C24H43NO/c1-4-5-6-8-20-10-14-22(15-11-20)23-16-12-21(13-17-23)9-7-18-25-24(26)19(2)3/h20-23H,2,4-18H2,1,3H3,(H,25,26). The monoisotopic (exact) mass is 361 g/mol. The Balaban J connectivity index is 1.55. The molecular formula is C24H43NO. The van der Waals surface area contributed by atoms with Gasteiger partial charge in [-0.2, -0.15) is 0 Å². The van der Waals surface area contributed by atoms with E-state index in [4.69, 9.17) is 0 Å². The van der Waals surface area contributed by atoms with Gasteiger partial charge in [-0.3, -0.25) is 4.79 Å². The second kappa shape index (κ2) is 11.8. The number of hydrogen-bond acceptors (Lipinski definition) is 1. The Hall–Kier alpha value is -0.790. The van der Waals surface area contributed by atoms with Crippen LogP contribution in [-0.4, -0.2) is 12.5 Å². The van der Waals surface area contributed by atoms with Crippen molar-refractivity contribution in [2.24, 2.45) is 23.7 Å². The van der Waals surface area contributed by atoms with Gasteiger partial charge in [0.1, 0.15) is 0 Å². The first-order chi connectivity index (χ1) is 12.6. The van der Waals surface area contributed by atoms with Crippen molar-refractivity contribution in [2.75, 3.05) is 6.54 Å². The van der Waals surface area contributed by atoms with Crippen molar-refractivity contribution in [1.29, 1.82) is 0 Å². The van der Waals surface area contributed by atoms with Crippen molar-refractivity contribution in [2.45, 2.75) is 104 Å². The summed E-state index contributed by atoms with van der Waals surface area (Å²) in [5, 5.41) is 2.97. The van der Waals surface area contributed by atoms with E-state index in [1.54, 1.807) is 6.92 Å². The van der Waals surface area contributed by atoms with Crippen LogP contribution in [0.1, 0.15) is 104 Å². The van der Waals surface area contributed by atoms with Crippen LogP contribution in [0, 0.1) is 23.7 Å². The maximum absolute atomic E-state index is 11.5. The zero-order valence-electron chi connectivity index (χ0n) is 17.5. The number of rotatable bonds is 10. The van der Waals surface area contributed by atoms with E-state index in [-0.39, 0.29) is 5.91 Å². The van der Waals surface area contributed by atoms with E-state index in [1.165, 1.54) is 83.5 Å². The molecule has 2 aliphatic rings. The Morgan fingerprint density at radius 3 is 1.81 bits per heavy atom. The van der Waals surface area contributed by atoms with Crippen LogP contribution in [0.2, 0.25) is 0 Å². The minimum atomic E-state index is 0.0130. The van der Waals surface area contributed by atoms with E-state index >= 15 is 0 Å². The quantitative estimate of drug-likeness (QED) is 0.342. The molecule has 150 valence electrons. The zero-order chi connectivity index (χ0) is 18.8. The van der Waals surface area contributed by atoms with E-state index in [2.05, 4.69) is 18.8 Å². The third-order valence-corrected chi connectivity index (χ3v) is 7.13. The molecule has 0 heterocycles. The normalized spacial score (nSPS) is 29.3. The van der Waals surface area contributed by atoms with Crippen molar-refractivity contribution < 1.29 is 4.79 Å². The van der Waals surface area contributed by atoms with Crippen LogP contribution in [0.3, 0.4) is 0 Å². The molecule has 2 fully saturated rings. The SMILES string of the molecule is C=C(C)C(=O)NCCCC1CCC(C2CCC(CCCCC)CC2)CC1. The molecule has 2 saturated carbocycles. The lowest BCUT2D eigenvalue weighted by atomic mass is 9.68. The van der Waals surface area contributed by atoms with Gasteiger partial charge in [-0.15, -0.1) is 0 Å². The third kappa shape index (κ3) is 7.45. The number of carbonyl (C=O) groups excluding carboxylic acids is 1. The average molecular weight is 362 g/mol. The van der Waals surface area contributed by atoms with Crippen LogP contribution >= 0.6 is 0 Å². The highest BCUT2D eigenvalue weighted by atomic mass is 16.1. The molecule has 0 aromatic rings. The summed E-state index contributed by atoms with van der Waals surface area (Å²) >= 11 is 0. The summed E-state index contributed by atoms with van der Waals surface area (Å²) in [5.74, 6) is 4.01. The second-order valence-corrected chi connectivity index (χ2v) is 9.24. The predicted octanol–water partition coefficient (Wildman–Crippen LogP) is 6.65. The molecule has 1 amide bonds. The van der Waals surface area contributed by atoms with Gasteiger partial charge in [0.05, 0.1) is 0 Å². The molecule has 0 aromatic heterocycles. The molecule has 2 aliphatic carbocycles. The minimum absolute atomic E-state index is 0.0130. The van der Waals surface area contributed by atoms with E-state index in [9.17, 15) is 4.79 Å². The fraction of sp³-hybridized carbons (Fsp3) is 0.875. The molecule has 26 heavy (non-hydrogen) atoms. The molecule has 0 unspecified atom stereocenters. The summed E-state index contributed by atoms with van der Waals surface area (Å²) in [7, 11) is 0. The predicted molar refractivity (Wildman–Crippen MR) is 112 cm³/mol. The summed E-state index contributed by atoms with van der Waals surface area (Å²) in [6, 6.07) is 0.